The number of hydrogen-bond acceptors (Lipinski definition) is 3. The Labute approximate surface area is 79.6 Å². The van der Waals surface area contributed by atoms with Crippen LogP contribution in [-0.4, -0.2) is 21.0 Å². The van der Waals surface area contributed by atoms with Crippen molar-refractivity contribution in [2.45, 2.75) is 18.8 Å². The average Bonchev–Trinajstić information content (AvgIpc) is 2.87. The summed E-state index contributed by atoms with van der Waals surface area (Å²) in [4.78, 5) is 18.2. The Bertz CT molecular complexity index is 363. The van der Waals surface area contributed by atoms with Crippen LogP contribution in [0.4, 0.5) is 0 Å². The molecule has 1 aliphatic carbocycles. The highest BCUT2D eigenvalue weighted by molar-refractivity contribution is 6.30. The second-order valence-corrected chi connectivity index (χ2v) is 3.37. The molecule has 1 aliphatic rings. The predicted octanol–water partition coefficient (Wildman–Crippen LogP) is 1.71. The fraction of sp³-hybridized carbons (Fsp3) is 0.375. The number of aromatic nitrogens is 2. The highest BCUT2D eigenvalue weighted by Crippen LogP contribution is 2.41. The molecule has 0 unspecified atom stereocenters. The Balaban J connectivity index is 2.36. The first-order chi connectivity index (χ1) is 6.18. The van der Waals surface area contributed by atoms with E-state index in [0.29, 0.717) is 5.92 Å². The molecule has 0 aliphatic heterocycles. The standard InChI is InChI=1S/C8H7ClN2O2/c9-7-6(4-1-2-4)10-3-5(11-7)8(12)13/h3-4H,1-2H2,(H,12,13). The lowest BCUT2D eigenvalue weighted by molar-refractivity contribution is 0.0690. The van der Waals surface area contributed by atoms with Gasteiger partial charge in [0.2, 0.25) is 0 Å². The van der Waals surface area contributed by atoms with E-state index in [4.69, 9.17) is 16.7 Å². The summed E-state index contributed by atoms with van der Waals surface area (Å²) in [5, 5.41) is 8.82. The number of hydrogen-bond donors (Lipinski definition) is 1. The topological polar surface area (TPSA) is 63.1 Å². The molecule has 0 saturated heterocycles. The molecule has 1 heterocycles. The van der Waals surface area contributed by atoms with Crippen molar-refractivity contribution >= 4 is 17.6 Å². The molecule has 2 rings (SSSR count). The Morgan fingerprint density at radius 3 is 2.77 bits per heavy atom. The zero-order valence-corrected chi connectivity index (χ0v) is 7.45. The summed E-state index contributed by atoms with van der Waals surface area (Å²) in [5.41, 5.74) is 0.626. The molecular weight excluding hydrogens is 192 g/mol. The summed E-state index contributed by atoms with van der Waals surface area (Å²) >= 11 is 5.77. The zero-order chi connectivity index (χ0) is 9.42. The monoisotopic (exact) mass is 198 g/mol. The predicted molar refractivity (Wildman–Crippen MR) is 46.0 cm³/mol. The molecule has 1 aromatic heterocycles. The van der Waals surface area contributed by atoms with Gasteiger partial charge in [-0.3, -0.25) is 4.98 Å². The van der Waals surface area contributed by atoms with E-state index in [0.717, 1.165) is 18.5 Å². The van der Waals surface area contributed by atoms with E-state index in [1.807, 2.05) is 0 Å². The normalized spacial score (nSPS) is 15.8. The maximum Gasteiger partial charge on any atom is 0.356 e. The van der Waals surface area contributed by atoms with Crippen LogP contribution in [0.2, 0.25) is 5.15 Å². The third-order valence-corrected chi connectivity index (χ3v) is 2.22. The fourth-order valence-electron chi connectivity index (χ4n) is 1.11. The number of carboxylic acids is 1. The van der Waals surface area contributed by atoms with Gasteiger partial charge in [0, 0.05) is 5.92 Å². The van der Waals surface area contributed by atoms with Crippen molar-refractivity contribution < 1.29 is 9.90 Å². The number of halogens is 1. The molecule has 1 fully saturated rings. The third kappa shape index (κ3) is 1.62. The van der Waals surface area contributed by atoms with Crippen molar-refractivity contribution in [1.29, 1.82) is 0 Å². The minimum atomic E-state index is -1.10. The van der Waals surface area contributed by atoms with Crippen molar-refractivity contribution in [3.8, 4) is 0 Å². The van der Waals surface area contributed by atoms with Crippen LogP contribution in [0.15, 0.2) is 6.20 Å². The van der Waals surface area contributed by atoms with Crippen LogP contribution in [0.5, 0.6) is 0 Å². The fourth-order valence-corrected chi connectivity index (χ4v) is 1.40. The average molecular weight is 199 g/mol. The minimum Gasteiger partial charge on any atom is -0.476 e. The molecule has 5 heteroatoms. The van der Waals surface area contributed by atoms with Crippen molar-refractivity contribution in [3.05, 3.63) is 22.7 Å². The molecule has 0 spiro atoms. The third-order valence-electron chi connectivity index (χ3n) is 1.94. The SMILES string of the molecule is O=C(O)c1cnc(C2CC2)c(Cl)n1. The second-order valence-electron chi connectivity index (χ2n) is 3.01. The van der Waals surface area contributed by atoms with Gasteiger partial charge >= 0.3 is 5.97 Å². The Morgan fingerprint density at radius 1 is 1.62 bits per heavy atom. The van der Waals surface area contributed by atoms with E-state index < -0.39 is 5.97 Å². The summed E-state index contributed by atoms with van der Waals surface area (Å²) in [5.74, 6) is -0.709. The highest BCUT2D eigenvalue weighted by atomic mass is 35.5. The van der Waals surface area contributed by atoms with Gasteiger partial charge in [-0.15, -0.1) is 0 Å². The van der Waals surface area contributed by atoms with Gasteiger partial charge in [0.15, 0.2) is 10.8 Å². The van der Waals surface area contributed by atoms with Gasteiger partial charge in [-0.25, -0.2) is 9.78 Å². The second kappa shape index (κ2) is 2.96. The summed E-state index contributed by atoms with van der Waals surface area (Å²) in [6, 6.07) is 0. The molecule has 0 amide bonds. The Kier molecular flexibility index (Phi) is 1.92. The molecule has 1 aromatic rings. The molecule has 0 radical (unpaired) electrons. The quantitative estimate of drug-likeness (QED) is 0.786. The van der Waals surface area contributed by atoms with Gasteiger partial charge in [0.05, 0.1) is 11.9 Å². The van der Waals surface area contributed by atoms with Gasteiger partial charge in [0.25, 0.3) is 0 Å². The number of carbonyl (C=O) groups is 1. The molecule has 13 heavy (non-hydrogen) atoms. The van der Waals surface area contributed by atoms with Crippen LogP contribution in [0, 0.1) is 0 Å². The lowest BCUT2D eigenvalue weighted by Gasteiger charge is -2.00. The van der Waals surface area contributed by atoms with E-state index in [2.05, 4.69) is 9.97 Å². The first-order valence-electron chi connectivity index (χ1n) is 3.94. The summed E-state index contributed by atoms with van der Waals surface area (Å²) < 4.78 is 0. The van der Waals surface area contributed by atoms with Crippen LogP contribution in [0.3, 0.4) is 0 Å². The summed E-state index contributed by atoms with van der Waals surface area (Å²) in [6.07, 6.45) is 3.39. The minimum absolute atomic E-state index is 0.102. The molecule has 4 nitrogen and oxygen atoms in total. The van der Waals surface area contributed by atoms with Crippen LogP contribution in [0.25, 0.3) is 0 Å². The summed E-state index contributed by atoms with van der Waals surface area (Å²) in [7, 11) is 0. The van der Waals surface area contributed by atoms with E-state index >= 15 is 0 Å². The lowest BCUT2D eigenvalue weighted by atomic mass is 10.3. The zero-order valence-electron chi connectivity index (χ0n) is 6.70. The van der Waals surface area contributed by atoms with Crippen LogP contribution >= 0.6 is 11.6 Å². The largest absolute Gasteiger partial charge is 0.476 e. The number of rotatable bonds is 2. The van der Waals surface area contributed by atoms with Crippen LogP contribution < -0.4 is 0 Å². The molecule has 68 valence electrons. The van der Waals surface area contributed by atoms with E-state index in [-0.39, 0.29) is 10.8 Å². The lowest BCUT2D eigenvalue weighted by Crippen LogP contribution is -2.03. The number of nitrogens with zero attached hydrogens (tertiary/aromatic N) is 2. The van der Waals surface area contributed by atoms with Crippen LogP contribution in [0.1, 0.15) is 34.9 Å². The number of aromatic carboxylic acids is 1. The van der Waals surface area contributed by atoms with Crippen molar-refractivity contribution in [3.63, 3.8) is 0 Å². The highest BCUT2D eigenvalue weighted by Gasteiger charge is 2.28. The maximum absolute atomic E-state index is 10.5. The van der Waals surface area contributed by atoms with E-state index in [9.17, 15) is 4.79 Å². The maximum atomic E-state index is 10.5. The molecule has 1 saturated carbocycles. The summed E-state index contributed by atoms with van der Waals surface area (Å²) in [6.45, 7) is 0. The van der Waals surface area contributed by atoms with Gasteiger partial charge in [-0.1, -0.05) is 11.6 Å². The molecule has 1 N–H and O–H groups in total. The van der Waals surface area contributed by atoms with Crippen molar-refractivity contribution in [1.82, 2.24) is 9.97 Å². The Hall–Kier alpha value is -1.16. The first kappa shape index (κ1) is 8.44. The van der Waals surface area contributed by atoms with Gasteiger partial charge < -0.3 is 5.11 Å². The van der Waals surface area contributed by atoms with Gasteiger partial charge in [0.1, 0.15) is 0 Å². The molecule has 0 atom stereocenters. The smallest absolute Gasteiger partial charge is 0.356 e. The van der Waals surface area contributed by atoms with Crippen LogP contribution in [-0.2, 0) is 0 Å². The molecular formula is C8H7ClN2O2. The van der Waals surface area contributed by atoms with Gasteiger partial charge in [-0.2, -0.15) is 0 Å². The first-order valence-corrected chi connectivity index (χ1v) is 4.32. The van der Waals surface area contributed by atoms with Crippen molar-refractivity contribution in [2.24, 2.45) is 0 Å². The van der Waals surface area contributed by atoms with E-state index in [1.165, 1.54) is 6.20 Å². The van der Waals surface area contributed by atoms with E-state index in [1.54, 1.807) is 0 Å². The number of carboxylic acid groups (broad SMARTS) is 1. The molecule has 0 bridgehead atoms. The Morgan fingerprint density at radius 2 is 2.31 bits per heavy atom. The van der Waals surface area contributed by atoms with Crippen molar-refractivity contribution in [2.75, 3.05) is 0 Å². The molecule has 0 aromatic carbocycles. The van der Waals surface area contributed by atoms with Gasteiger partial charge in [-0.05, 0) is 12.8 Å².